The highest BCUT2D eigenvalue weighted by Crippen LogP contribution is 2.31. The molecule has 0 saturated carbocycles. The van der Waals surface area contributed by atoms with E-state index in [1.807, 2.05) is 24.3 Å². The lowest BCUT2D eigenvalue weighted by Crippen LogP contribution is -2.19. The number of para-hydroxylation sites is 1. The van der Waals surface area contributed by atoms with E-state index in [4.69, 9.17) is 16.3 Å². The van der Waals surface area contributed by atoms with Crippen LogP contribution in [0.25, 0.3) is 6.08 Å². The van der Waals surface area contributed by atoms with Crippen LogP contribution in [-0.2, 0) is 11.4 Å². The molecule has 1 saturated heterocycles. The van der Waals surface area contributed by atoms with Crippen molar-refractivity contribution in [1.82, 2.24) is 5.32 Å². The second-order valence-corrected chi connectivity index (χ2v) is 7.82. The summed E-state index contributed by atoms with van der Waals surface area (Å²) in [7, 11) is 0. The standard InChI is InChI=1S/C23H16ClFN2O2S/c24-18-9-2-4-11-20(18)26-23-27-22(28)21(30-23)13-15-6-5-8-17(12-15)29-14-16-7-1-3-10-19(16)25/h1-13H,14H2,(H,26,27,28)/b21-13+. The van der Waals surface area contributed by atoms with E-state index in [9.17, 15) is 9.18 Å². The number of nitrogens with zero attached hydrogens (tertiary/aromatic N) is 1. The van der Waals surface area contributed by atoms with E-state index in [0.29, 0.717) is 32.1 Å². The summed E-state index contributed by atoms with van der Waals surface area (Å²) in [6.45, 7) is 0.122. The van der Waals surface area contributed by atoms with Crippen molar-refractivity contribution >= 4 is 46.2 Å². The van der Waals surface area contributed by atoms with Gasteiger partial charge in [-0.25, -0.2) is 9.38 Å². The monoisotopic (exact) mass is 438 g/mol. The van der Waals surface area contributed by atoms with E-state index in [1.54, 1.807) is 48.5 Å². The molecular formula is C23H16ClFN2O2S. The fourth-order valence-electron chi connectivity index (χ4n) is 2.75. The largest absolute Gasteiger partial charge is 0.489 e. The third kappa shape index (κ3) is 4.90. The van der Waals surface area contributed by atoms with Crippen molar-refractivity contribution in [3.05, 3.63) is 99.7 Å². The molecule has 0 spiro atoms. The smallest absolute Gasteiger partial charge is 0.264 e. The van der Waals surface area contributed by atoms with Crippen molar-refractivity contribution in [2.45, 2.75) is 6.61 Å². The molecule has 0 unspecified atom stereocenters. The van der Waals surface area contributed by atoms with E-state index in [2.05, 4.69) is 10.3 Å². The van der Waals surface area contributed by atoms with Crippen molar-refractivity contribution in [3.8, 4) is 5.75 Å². The second-order valence-electron chi connectivity index (χ2n) is 6.39. The number of benzene rings is 3. The Balaban J connectivity index is 1.48. The Morgan fingerprint density at radius 2 is 1.87 bits per heavy atom. The van der Waals surface area contributed by atoms with Gasteiger partial charge in [-0.05, 0) is 53.7 Å². The number of carbonyl (C=O) groups is 1. The van der Waals surface area contributed by atoms with E-state index < -0.39 is 0 Å². The molecule has 1 aliphatic rings. The Hall–Kier alpha value is -3.09. The lowest BCUT2D eigenvalue weighted by atomic mass is 10.2. The van der Waals surface area contributed by atoms with Crippen LogP contribution in [-0.4, -0.2) is 11.1 Å². The highest BCUT2D eigenvalue weighted by atomic mass is 35.5. The fourth-order valence-corrected chi connectivity index (χ4v) is 3.77. The molecule has 0 aromatic heterocycles. The maximum Gasteiger partial charge on any atom is 0.264 e. The van der Waals surface area contributed by atoms with Crippen LogP contribution in [0.2, 0.25) is 5.02 Å². The number of thioether (sulfide) groups is 1. The number of carbonyl (C=O) groups excluding carboxylic acids is 1. The third-order valence-corrected chi connectivity index (χ3v) is 5.46. The van der Waals surface area contributed by atoms with Crippen LogP contribution in [0, 0.1) is 5.82 Å². The Bertz CT molecular complexity index is 1160. The van der Waals surface area contributed by atoms with Crippen molar-refractivity contribution in [1.29, 1.82) is 0 Å². The van der Waals surface area contributed by atoms with Gasteiger partial charge in [0.05, 0.1) is 15.6 Å². The molecule has 3 aromatic rings. The third-order valence-electron chi connectivity index (χ3n) is 4.23. The fraction of sp³-hybridized carbons (Fsp3) is 0.0435. The van der Waals surface area contributed by atoms with Gasteiger partial charge in [0, 0.05) is 5.56 Å². The number of ether oxygens (including phenoxy) is 1. The van der Waals surface area contributed by atoms with Crippen LogP contribution in [0.4, 0.5) is 10.1 Å². The van der Waals surface area contributed by atoms with Crippen molar-refractivity contribution in [2.75, 3.05) is 0 Å². The van der Waals surface area contributed by atoms with Crippen molar-refractivity contribution in [2.24, 2.45) is 4.99 Å². The number of rotatable bonds is 5. The number of hydrogen-bond acceptors (Lipinski definition) is 4. The molecule has 0 aliphatic carbocycles. The zero-order chi connectivity index (χ0) is 20.9. The minimum atomic E-state index is -0.305. The van der Waals surface area contributed by atoms with E-state index in [0.717, 1.165) is 5.56 Å². The molecule has 1 amide bonds. The summed E-state index contributed by atoms with van der Waals surface area (Å²) in [6.07, 6.45) is 1.76. The van der Waals surface area contributed by atoms with Gasteiger partial charge in [-0.2, -0.15) is 0 Å². The quantitative estimate of drug-likeness (QED) is 0.501. The topological polar surface area (TPSA) is 50.7 Å². The van der Waals surface area contributed by atoms with Gasteiger partial charge in [0.25, 0.3) is 5.91 Å². The van der Waals surface area contributed by atoms with Crippen LogP contribution in [0.5, 0.6) is 5.75 Å². The summed E-state index contributed by atoms with van der Waals surface area (Å²) in [5.74, 6) is 0.0459. The van der Waals surface area contributed by atoms with Crippen LogP contribution >= 0.6 is 23.4 Å². The summed E-state index contributed by atoms with van der Waals surface area (Å²) >= 11 is 7.36. The first-order valence-corrected chi connectivity index (χ1v) is 10.3. The maximum absolute atomic E-state index is 13.7. The molecule has 1 aliphatic heterocycles. The lowest BCUT2D eigenvalue weighted by Gasteiger charge is -2.08. The van der Waals surface area contributed by atoms with Crippen molar-refractivity contribution in [3.63, 3.8) is 0 Å². The Morgan fingerprint density at radius 1 is 1.07 bits per heavy atom. The molecule has 150 valence electrons. The lowest BCUT2D eigenvalue weighted by molar-refractivity contribution is -0.115. The van der Waals surface area contributed by atoms with E-state index in [-0.39, 0.29) is 18.3 Å². The van der Waals surface area contributed by atoms with Crippen LogP contribution < -0.4 is 10.1 Å². The number of hydrogen-bond donors (Lipinski definition) is 1. The number of amidine groups is 1. The molecule has 3 aromatic carbocycles. The molecule has 1 fully saturated rings. The van der Waals surface area contributed by atoms with E-state index >= 15 is 0 Å². The Kier molecular flexibility index (Phi) is 6.16. The van der Waals surface area contributed by atoms with Gasteiger partial charge in [-0.15, -0.1) is 0 Å². The van der Waals surface area contributed by atoms with Gasteiger partial charge in [0.2, 0.25) is 0 Å². The number of halogens is 2. The van der Waals surface area contributed by atoms with Gasteiger partial charge < -0.3 is 10.1 Å². The highest BCUT2D eigenvalue weighted by molar-refractivity contribution is 8.18. The van der Waals surface area contributed by atoms with Gasteiger partial charge >= 0.3 is 0 Å². The van der Waals surface area contributed by atoms with Crippen molar-refractivity contribution < 1.29 is 13.9 Å². The average molecular weight is 439 g/mol. The van der Waals surface area contributed by atoms with Crippen LogP contribution in [0.15, 0.2) is 82.7 Å². The molecule has 0 radical (unpaired) electrons. The predicted molar refractivity (Wildman–Crippen MR) is 119 cm³/mol. The SMILES string of the molecule is O=C1NC(=Nc2ccccc2Cl)S/C1=C/c1cccc(OCc2ccccc2F)c1. The minimum Gasteiger partial charge on any atom is -0.489 e. The van der Waals surface area contributed by atoms with Gasteiger partial charge in [-0.3, -0.25) is 4.79 Å². The molecule has 7 heteroatoms. The van der Waals surface area contributed by atoms with Gasteiger partial charge in [0.1, 0.15) is 18.2 Å². The highest BCUT2D eigenvalue weighted by Gasteiger charge is 2.24. The van der Waals surface area contributed by atoms with Crippen LogP contribution in [0.1, 0.15) is 11.1 Å². The average Bonchev–Trinajstić information content (AvgIpc) is 3.08. The molecule has 1 heterocycles. The zero-order valence-corrected chi connectivity index (χ0v) is 17.2. The Morgan fingerprint density at radius 3 is 2.70 bits per heavy atom. The molecule has 30 heavy (non-hydrogen) atoms. The van der Waals surface area contributed by atoms with E-state index in [1.165, 1.54) is 17.8 Å². The number of amides is 1. The first-order chi connectivity index (χ1) is 14.6. The summed E-state index contributed by atoms with van der Waals surface area (Å²) in [6, 6.07) is 20.9. The summed E-state index contributed by atoms with van der Waals surface area (Å²) in [5, 5.41) is 3.72. The molecule has 4 rings (SSSR count). The molecule has 1 N–H and O–H groups in total. The Labute approximate surface area is 182 Å². The first-order valence-electron chi connectivity index (χ1n) is 9.09. The number of aliphatic imine (C=N–C) groups is 1. The van der Waals surface area contributed by atoms with Gasteiger partial charge in [0.15, 0.2) is 5.17 Å². The number of nitrogens with one attached hydrogen (secondary N) is 1. The maximum atomic E-state index is 13.7. The minimum absolute atomic E-state index is 0.122. The van der Waals surface area contributed by atoms with Gasteiger partial charge in [-0.1, -0.05) is 54.1 Å². The predicted octanol–water partition coefficient (Wildman–Crippen LogP) is 5.95. The molecule has 0 bridgehead atoms. The zero-order valence-electron chi connectivity index (χ0n) is 15.6. The van der Waals surface area contributed by atoms with Crippen LogP contribution in [0.3, 0.4) is 0 Å². The molecule has 4 nitrogen and oxygen atoms in total. The normalized spacial score (nSPS) is 16.1. The summed E-state index contributed by atoms with van der Waals surface area (Å²) in [5.41, 5.74) is 1.86. The summed E-state index contributed by atoms with van der Waals surface area (Å²) < 4.78 is 19.5. The molecular weight excluding hydrogens is 423 g/mol. The summed E-state index contributed by atoms with van der Waals surface area (Å²) in [4.78, 5) is 17.2. The first kappa shape index (κ1) is 20.2. The second kappa shape index (κ2) is 9.15. The molecule has 0 atom stereocenters.